The molecule has 1 fully saturated rings. The molecule has 7 nitrogen and oxygen atoms in total. The lowest BCUT2D eigenvalue weighted by atomic mass is 10.2. The van der Waals surface area contributed by atoms with Crippen molar-refractivity contribution in [2.24, 2.45) is 4.99 Å². The molecule has 0 radical (unpaired) electrons. The highest BCUT2D eigenvalue weighted by molar-refractivity contribution is 8.00. The van der Waals surface area contributed by atoms with Gasteiger partial charge in [0, 0.05) is 6.42 Å². The zero-order chi connectivity index (χ0) is 12.7. The van der Waals surface area contributed by atoms with Gasteiger partial charge in [-0.2, -0.15) is 0 Å². The number of nitrogens with zero attached hydrogens (tertiary/aromatic N) is 3. The van der Waals surface area contributed by atoms with Crippen LogP contribution in [0.2, 0.25) is 0 Å². The number of aliphatic imine (C=N–C) groups is 1. The number of hydrogen-bond acceptors (Lipinski definition) is 7. The summed E-state index contributed by atoms with van der Waals surface area (Å²) in [5.41, 5.74) is 0.486. The van der Waals surface area contributed by atoms with Crippen molar-refractivity contribution in [1.29, 1.82) is 0 Å². The van der Waals surface area contributed by atoms with Crippen LogP contribution in [0.15, 0.2) is 11.3 Å². The second-order valence-corrected chi connectivity index (χ2v) is 5.72. The third-order valence-electron chi connectivity index (χ3n) is 3.17. The van der Waals surface area contributed by atoms with Gasteiger partial charge < -0.3 is 25.2 Å². The summed E-state index contributed by atoms with van der Waals surface area (Å²) in [5.74, 6) is 0.601. The van der Waals surface area contributed by atoms with Gasteiger partial charge in [0.2, 0.25) is 0 Å². The van der Waals surface area contributed by atoms with Crippen molar-refractivity contribution >= 4 is 23.9 Å². The first kappa shape index (κ1) is 12.0. The van der Waals surface area contributed by atoms with E-state index in [1.54, 1.807) is 6.33 Å². The van der Waals surface area contributed by atoms with E-state index in [9.17, 15) is 10.2 Å². The monoisotopic (exact) mass is 270 g/mol. The average Bonchev–Trinajstić information content (AvgIpc) is 2.93. The van der Waals surface area contributed by atoms with E-state index < -0.39 is 12.3 Å². The Labute approximate surface area is 108 Å². The van der Waals surface area contributed by atoms with Crippen molar-refractivity contribution in [3.8, 4) is 0 Å². The van der Waals surface area contributed by atoms with E-state index in [1.807, 2.05) is 4.57 Å². The molecule has 1 saturated heterocycles. The largest absolute Gasteiger partial charge is 0.395 e. The number of aliphatic hydroxyl groups excluding tert-OH is 3. The predicted octanol–water partition coefficient (Wildman–Crippen LogP) is -0.506. The first-order chi connectivity index (χ1) is 8.70. The zero-order valence-corrected chi connectivity index (χ0v) is 10.3. The quantitative estimate of drug-likeness (QED) is 0.577. The lowest BCUT2D eigenvalue weighted by Crippen LogP contribution is -2.22. The maximum Gasteiger partial charge on any atom is 0.172 e. The van der Waals surface area contributed by atoms with Crippen molar-refractivity contribution in [2.45, 2.75) is 29.4 Å². The Morgan fingerprint density at radius 2 is 2.33 bits per heavy atom. The summed E-state index contributed by atoms with van der Waals surface area (Å²) in [6.07, 6.45) is 2.22. The summed E-state index contributed by atoms with van der Waals surface area (Å²) >= 11 is 1.50. The van der Waals surface area contributed by atoms with Crippen LogP contribution in [0.3, 0.4) is 0 Å². The average molecular weight is 270 g/mol. The van der Waals surface area contributed by atoms with Crippen LogP contribution < -0.4 is 5.32 Å². The molecule has 4 atom stereocenters. The first-order valence-electron chi connectivity index (χ1n) is 5.68. The highest BCUT2D eigenvalue weighted by Crippen LogP contribution is 2.44. The molecule has 3 heterocycles. The van der Waals surface area contributed by atoms with Gasteiger partial charge in [-0.15, -0.1) is 11.8 Å². The molecule has 0 saturated carbocycles. The number of hydrogen-bond donors (Lipinski definition) is 4. The van der Waals surface area contributed by atoms with Crippen LogP contribution in [0.5, 0.6) is 0 Å². The Morgan fingerprint density at radius 3 is 3.06 bits per heavy atom. The molecule has 0 amide bonds. The van der Waals surface area contributed by atoms with Gasteiger partial charge >= 0.3 is 0 Å². The zero-order valence-electron chi connectivity index (χ0n) is 9.47. The fraction of sp³-hybridized carbons (Fsp3) is 0.600. The molecule has 4 N–H and O–H groups in total. The summed E-state index contributed by atoms with van der Waals surface area (Å²) < 4.78 is 1.83. The molecular formula is C10H14N4O3S. The molecule has 0 aliphatic carbocycles. The standard InChI is InChI=1S/C10H14N4O3S/c15-2-6-5(16)1-7(18-6)14-4-13-8-9(14)11-3-12-10(8)17/h3-7,10,15-17H,1-2H2,(H,11,12)/t5-,6-,7-,10?/m0/s1. The molecule has 0 aromatic carbocycles. The fourth-order valence-electron chi connectivity index (χ4n) is 2.20. The van der Waals surface area contributed by atoms with E-state index in [0.29, 0.717) is 17.9 Å². The third-order valence-corrected chi connectivity index (χ3v) is 4.71. The summed E-state index contributed by atoms with van der Waals surface area (Å²) in [4.78, 5) is 8.31. The second-order valence-electron chi connectivity index (χ2n) is 4.30. The highest BCUT2D eigenvalue weighted by Gasteiger charge is 2.36. The molecule has 1 unspecified atom stereocenters. The summed E-state index contributed by atoms with van der Waals surface area (Å²) in [6, 6.07) is 0. The second kappa shape index (κ2) is 4.54. The third kappa shape index (κ3) is 1.81. The van der Waals surface area contributed by atoms with Crippen molar-refractivity contribution in [1.82, 2.24) is 14.9 Å². The molecule has 98 valence electrons. The first-order valence-corrected chi connectivity index (χ1v) is 6.62. The highest BCUT2D eigenvalue weighted by atomic mass is 32.2. The Morgan fingerprint density at radius 1 is 1.50 bits per heavy atom. The molecule has 8 heteroatoms. The predicted molar refractivity (Wildman–Crippen MR) is 66.6 cm³/mol. The van der Waals surface area contributed by atoms with Crippen LogP contribution in [0.4, 0.5) is 5.82 Å². The van der Waals surface area contributed by atoms with Crippen LogP contribution in [0.1, 0.15) is 23.7 Å². The molecule has 3 rings (SSSR count). The van der Waals surface area contributed by atoms with E-state index in [2.05, 4.69) is 15.3 Å². The Kier molecular flexibility index (Phi) is 3.02. The maximum atomic E-state index is 9.80. The molecule has 18 heavy (non-hydrogen) atoms. The van der Waals surface area contributed by atoms with Gasteiger partial charge in [-0.05, 0) is 0 Å². The molecule has 0 bridgehead atoms. The van der Waals surface area contributed by atoms with Crippen LogP contribution in [0, 0.1) is 0 Å². The minimum Gasteiger partial charge on any atom is -0.395 e. The van der Waals surface area contributed by atoms with Crippen molar-refractivity contribution < 1.29 is 15.3 Å². The number of rotatable bonds is 2. The topological polar surface area (TPSA) is 103 Å². The number of imidazole rings is 1. The fourth-order valence-corrected chi connectivity index (χ4v) is 3.58. The Hall–Kier alpha value is -1.09. The minimum atomic E-state index is -0.844. The maximum absolute atomic E-state index is 9.80. The van der Waals surface area contributed by atoms with E-state index in [4.69, 9.17) is 5.11 Å². The normalized spacial score (nSPS) is 34.4. The van der Waals surface area contributed by atoms with Gasteiger partial charge in [0.15, 0.2) is 12.0 Å². The summed E-state index contributed by atoms with van der Waals surface area (Å²) in [5, 5.41) is 31.1. The number of aliphatic hydroxyl groups is 3. The Bertz CT molecular complexity index is 478. The molecule has 0 spiro atoms. The van der Waals surface area contributed by atoms with Crippen LogP contribution in [-0.4, -0.2) is 49.2 Å². The van der Waals surface area contributed by atoms with Gasteiger partial charge in [-0.25, -0.2) is 9.98 Å². The molecule has 2 aliphatic rings. The van der Waals surface area contributed by atoms with E-state index in [-0.39, 0.29) is 17.2 Å². The van der Waals surface area contributed by atoms with Crippen molar-refractivity contribution in [3.05, 3.63) is 12.0 Å². The van der Waals surface area contributed by atoms with Gasteiger partial charge in [0.1, 0.15) is 5.69 Å². The summed E-state index contributed by atoms with van der Waals surface area (Å²) in [6.45, 7) is -0.0489. The van der Waals surface area contributed by atoms with Gasteiger partial charge in [0.25, 0.3) is 0 Å². The lowest BCUT2D eigenvalue weighted by Gasteiger charge is -2.17. The molecule has 1 aromatic heterocycles. The SMILES string of the molecule is OC[C@@H]1S[C@H](n2cnc3c2N=CNC3O)C[C@@H]1O. The number of nitrogens with one attached hydrogen (secondary N) is 1. The van der Waals surface area contributed by atoms with E-state index in [1.165, 1.54) is 18.1 Å². The van der Waals surface area contributed by atoms with Crippen LogP contribution in [0.25, 0.3) is 0 Å². The van der Waals surface area contributed by atoms with Gasteiger partial charge in [0.05, 0.1) is 36.0 Å². The number of aromatic nitrogens is 2. The van der Waals surface area contributed by atoms with Crippen molar-refractivity contribution in [3.63, 3.8) is 0 Å². The van der Waals surface area contributed by atoms with E-state index >= 15 is 0 Å². The molecule has 1 aromatic rings. The smallest absolute Gasteiger partial charge is 0.172 e. The summed E-state index contributed by atoms with van der Waals surface area (Å²) in [7, 11) is 0. The van der Waals surface area contributed by atoms with Gasteiger partial charge in [-0.3, -0.25) is 0 Å². The number of fused-ring (bicyclic) bond motifs is 1. The van der Waals surface area contributed by atoms with Crippen LogP contribution >= 0.6 is 11.8 Å². The molecule has 2 aliphatic heterocycles. The van der Waals surface area contributed by atoms with Gasteiger partial charge in [-0.1, -0.05) is 0 Å². The Balaban J connectivity index is 1.89. The lowest BCUT2D eigenvalue weighted by molar-refractivity contribution is 0.138. The van der Waals surface area contributed by atoms with Crippen LogP contribution in [-0.2, 0) is 0 Å². The number of thioether (sulfide) groups is 1. The molecular weight excluding hydrogens is 256 g/mol. The van der Waals surface area contributed by atoms with Crippen molar-refractivity contribution in [2.75, 3.05) is 6.61 Å². The minimum absolute atomic E-state index is 0.0177. The van der Waals surface area contributed by atoms with E-state index in [0.717, 1.165) is 0 Å².